The minimum atomic E-state index is -0.482. The Hall–Kier alpha value is 0.410. The number of rotatable bonds is 1. The monoisotopic (exact) mass is 152 g/mol. The van der Waals surface area contributed by atoms with Crippen molar-refractivity contribution < 1.29 is 4.39 Å². The topological polar surface area (TPSA) is 0 Å². The van der Waals surface area contributed by atoms with Gasteiger partial charge in [0.15, 0.2) is 0 Å². The lowest BCUT2D eigenvalue weighted by molar-refractivity contribution is 0.456. The van der Waals surface area contributed by atoms with E-state index in [0.717, 1.165) is 11.8 Å². The van der Waals surface area contributed by atoms with Crippen molar-refractivity contribution in [2.75, 3.05) is 5.33 Å². The molecule has 1 fully saturated rings. The Morgan fingerprint density at radius 1 is 1.83 bits per heavy atom. The summed E-state index contributed by atoms with van der Waals surface area (Å²) in [5.74, 6) is 0.352. The first-order valence-electron chi connectivity index (χ1n) is 2.04. The van der Waals surface area contributed by atoms with Crippen LogP contribution in [0.3, 0.4) is 0 Å². The first-order valence-corrected chi connectivity index (χ1v) is 3.17. The van der Waals surface area contributed by atoms with E-state index in [-0.39, 0.29) is 0 Å². The molecule has 36 valence electrons. The first kappa shape index (κ1) is 4.57. The van der Waals surface area contributed by atoms with Gasteiger partial charge < -0.3 is 0 Å². The lowest BCUT2D eigenvalue weighted by Crippen LogP contribution is -1.76. The van der Waals surface area contributed by atoms with Crippen LogP contribution in [0.4, 0.5) is 4.39 Å². The van der Waals surface area contributed by atoms with Crippen LogP contribution >= 0.6 is 15.9 Å². The summed E-state index contributed by atoms with van der Waals surface area (Å²) in [6, 6.07) is 0. The molecule has 0 aromatic rings. The van der Waals surface area contributed by atoms with E-state index in [2.05, 4.69) is 15.9 Å². The molecule has 0 bridgehead atoms. The highest BCUT2D eigenvalue weighted by Crippen LogP contribution is 2.34. The molecule has 2 heteroatoms. The molecule has 6 heavy (non-hydrogen) atoms. The van der Waals surface area contributed by atoms with E-state index in [1.165, 1.54) is 0 Å². The van der Waals surface area contributed by atoms with Gasteiger partial charge in [0.1, 0.15) is 6.17 Å². The zero-order valence-electron chi connectivity index (χ0n) is 3.32. The Kier molecular flexibility index (Phi) is 1.13. The van der Waals surface area contributed by atoms with Crippen LogP contribution in [0.2, 0.25) is 0 Å². The van der Waals surface area contributed by atoms with Crippen molar-refractivity contribution in [1.82, 2.24) is 0 Å². The van der Waals surface area contributed by atoms with Crippen LogP contribution in [0.25, 0.3) is 0 Å². The van der Waals surface area contributed by atoms with Crippen LogP contribution in [0.15, 0.2) is 0 Å². The minimum Gasteiger partial charge on any atom is -0.247 e. The zero-order valence-corrected chi connectivity index (χ0v) is 4.91. The van der Waals surface area contributed by atoms with E-state index in [9.17, 15) is 4.39 Å². The van der Waals surface area contributed by atoms with Crippen molar-refractivity contribution in [2.24, 2.45) is 5.92 Å². The fraction of sp³-hybridized carbons (Fsp3) is 1.00. The molecule has 0 N–H and O–H groups in total. The largest absolute Gasteiger partial charge is 0.247 e. The standard InChI is InChI=1S/C4H6BrF/c5-2-3-1-4(3)6/h3-4H,1-2H2/t3-,4+/m0/s1. The molecule has 0 radical (unpaired) electrons. The van der Waals surface area contributed by atoms with Gasteiger partial charge >= 0.3 is 0 Å². The maximum absolute atomic E-state index is 11.7. The van der Waals surface area contributed by atoms with Gasteiger partial charge in [-0.05, 0) is 6.42 Å². The van der Waals surface area contributed by atoms with Gasteiger partial charge in [0.2, 0.25) is 0 Å². The molecule has 0 aromatic heterocycles. The number of hydrogen-bond donors (Lipinski definition) is 0. The van der Waals surface area contributed by atoms with E-state index >= 15 is 0 Å². The summed E-state index contributed by atoms with van der Waals surface area (Å²) in [6.45, 7) is 0. The van der Waals surface area contributed by atoms with Gasteiger partial charge in [-0.15, -0.1) is 0 Å². The van der Waals surface area contributed by atoms with Gasteiger partial charge in [-0.3, -0.25) is 0 Å². The van der Waals surface area contributed by atoms with Crippen molar-refractivity contribution >= 4 is 15.9 Å². The maximum atomic E-state index is 11.7. The third-order valence-electron chi connectivity index (χ3n) is 1.03. The molecule has 2 atom stereocenters. The highest BCUT2D eigenvalue weighted by Gasteiger charge is 2.35. The number of halogens is 2. The smallest absolute Gasteiger partial charge is 0.104 e. The minimum absolute atomic E-state index is 0.352. The predicted molar refractivity (Wildman–Crippen MR) is 26.8 cm³/mol. The van der Waals surface area contributed by atoms with Gasteiger partial charge in [-0.25, -0.2) is 4.39 Å². The number of alkyl halides is 2. The van der Waals surface area contributed by atoms with E-state index in [1.807, 2.05) is 0 Å². The van der Waals surface area contributed by atoms with Crippen LogP contribution in [-0.2, 0) is 0 Å². The van der Waals surface area contributed by atoms with Gasteiger partial charge in [0, 0.05) is 11.2 Å². The summed E-state index contributed by atoms with van der Waals surface area (Å²) in [5.41, 5.74) is 0. The summed E-state index contributed by atoms with van der Waals surface area (Å²) in [5, 5.41) is 0.841. The van der Waals surface area contributed by atoms with Crippen LogP contribution in [0.1, 0.15) is 6.42 Å². The predicted octanol–water partition coefficient (Wildman–Crippen LogP) is 1.74. The molecule has 1 saturated carbocycles. The maximum Gasteiger partial charge on any atom is 0.104 e. The van der Waals surface area contributed by atoms with E-state index in [4.69, 9.17) is 0 Å². The molecular weight excluding hydrogens is 147 g/mol. The molecule has 0 heterocycles. The van der Waals surface area contributed by atoms with Gasteiger partial charge in [-0.1, -0.05) is 15.9 Å². The van der Waals surface area contributed by atoms with Crippen molar-refractivity contribution in [3.05, 3.63) is 0 Å². The van der Waals surface area contributed by atoms with Crippen molar-refractivity contribution in [3.8, 4) is 0 Å². The molecule has 0 spiro atoms. The summed E-state index contributed by atoms with van der Waals surface area (Å²) < 4.78 is 11.7. The van der Waals surface area contributed by atoms with E-state index in [0.29, 0.717) is 5.92 Å². The Labute approximate surface area is 44.9 Å². The molecule has 1 aliphatic rings. The Morgan fingerprint density at radius 2 is 2.33 bits per heavy atom. The Bertz CT molecular complexity index is 53.5. The molecule has 0 saturated heterocycles. The molecule has 1 aliphatic carbocycles. The van der Waals surface area contributed by atoms with Crippen LogP contribution < -0.4 is 0 Å². The Balaban J connectivity index is 2.09. The molecule has 1 rings (SSSR count). The summed E-state index contributed by atoms with van der Waals surface area (Å²) in [4.78, 5) is 0. The van der Waals surface area contributed by atoms with Gasteiger partial charge in [0.05, 0.1) is 0 Å². The van der Waals surface area contributed by atoms with Crippen molar-refractivity contribution in [1.29, 1.82) is 0 Å². The first-order chi connectivity index (χ1) is 2.84. The second-order valence-corrected chi connectivity index (χ2v) is 2.31. The average molecular weight is 153 g/mol. The lowest BCUT2D eigenvalue weighted by atomic mass is 10.5. The fourth-order valence-corrected chi connectivity index (χ4v) is 1.04. The molecular formula is C4H6BrF. The summed E-state index contributed by atoms with van der Waals surface area (Å²) in [7, 11) is 0. The SMILES string of the molecule is F[C@@H]1C[C@H]1CBr. The second-order valence-electron chi connectivity index (χ2n) is 1.67. The van der Waals surface area contributed by atoms with Crippen LogP contribution in [0.5, 0.6) is 0 Å². The molecule has 0 unspecified atom stereocenters. The van der Waals surface area contributed by atoms with Crippen LogP contribution in [0, 0.1) is 5.92 Å². The molecule has 0 nitrogen and oxygen atoms in total. The zero-order chi connectivity index (χ0) is 4.57. The highest BCUT2D eigenvalue weighted by atomic mass is 79.9. The summed E-state index contributed by atoms with van der Waals surface area (Å²) in [6.07, 6.45) is 0.301. The van der Waals surface area contributed by atoms with E-state index < -0.39 is 6.17 Å². The Morgan fingerprint density at radius 3 is 2.33 bits per heavy atom. The van der Waals surface area contributed by atoms with Gasteiger partial charge in [0.25, 0.3) is 0 Å². The highest BCUT2D eigenvalue weighted by molar-refractivity contribution is 9.09. The quantitative estimate of drug-likeness (QED) is 0.503. The normalized spacial score (nSPS) is 43.0. The molecule has 0 amide bonds. The fourth-order valence-electron chi connectivity index (χ4n) is 0.370. The molecule has 0 aromatic carbocycles. The van der Waals surface area contributed by atoms with E-state index in [1.54, 1.807) is 0 Å². The third kappa shape index (κ3) is 0.725. The average Bonchev–Trinajstić information content (AvgIpc) is 2.19. The van der Waals surface area contributed by atoms with Crippen LogP contribution in [-0.4, -0.2) is 11.5 Å². The molecule has 0 aliphatic heterocycles. The van der Waals surface area contributed by atoms with Crippen molar-refractivity contribution in [2.45, 2.75) is 12.6 Å². The number of hydrogen-bond acceptors (Lipinski definition) is 0. The second kappa shape index (κ2) is 1.49. The van der Waals surface area contributed by atoms with Crippen molar-refractivity contribution in [3.63, 3.8) is 0 Å². The summed E-state index contributed by atoms with van der Waals surface area (Å²) >= 11 is 3.18. The third-order valence-corrected chi connectivity index (χ3v) is 1.87. The lowest BCUT2D eigenvalue weighted by Gasteiger charge is -1.74. The van der Waals surface area contributed by atoms with Gasteiger partial charge in [-0.2, -0.15) is 0 Å².